The summed E-state index contributed by atoms with van der Waals surface area (Å²) in [5, 5.41) is 5.96. The SMILES string of the molecule is COc1ccc(NC(=O)C2CSCN2C(=O)Cc2ccc(-c3csc(C)n3)cc2)cc1. The zero-order chi connectivity index (χ0) is 21.8. The molecule has 8 heteroatoms. The van der Waals surface area contributed by atoms with Gasteiger partial charge in [0, 0.05) is 22.4 Å². The van der Waals surface area contributed by atoms with Gasteiger partial charge in [0.15, 0.2) is 0 Å². The molecule has 0 saturated carbocycles. The van der Waals surface area contributed by atoms with Crippen LogP contribution in [0.25, 0.3) is 11.3 Å². The molecule has 1 saturated heterocycles. The highest BCUT2D eigenvalue weighted by Crippen LogP contribution is 2.25. The third-order valence-corrected chi connectivity index (χ3v) is 6.87. The Morgan fingerprint density at radius 1 is 1.16 bits per heavy atom. The number of amides is 2. The van der Waals surface area contributed by atoms with Crippen LogP contribution < -0.4 is 10.1 Å². The Balaban J connectivity index is 1.38. The number of methoxy groups -OCH3 is 1. The second kappa shape index (κ2) is 9.53. The lowest BCUT2D eigenvalue weighted by atomic mass is 10.1. The molecule has 1 aliphatic rings. The maximum Gasteiger partial charge on any atom is 0.248 e. The number of nitrogens with zero attached hydrogens (tertiary/aromatic N) is 2. The molecule has 160 valence electrons. The van der Waals surface area contributed by atoms with E-state index in [0.29, 0.717) is 17.3 Å². The minimum absolute atomic E-state index is 0.0443. The smallest absolute Gasteiger partial charge is 0.248 e. The summed E-state index contributed by atoms with van der Waals surface area (Å²) >= 11 is 3.21. The first-order chi connectivity index (χ1) is 15.0. The minimum Gasteiger partial charge on any atom is -0.497 e. The Bertz CT molecular complexity index is 1060. The fourth-order valence-corrected chi connectivity index (χ4v) is 5.17. The molecule has 1 aliphatic heterocycles. The standard InChI is InChI=1S/C23H23N3O3S2/c1-15-24-20(12-31-15)17-5-3-16(4-6-17)11-22(27)26-14-30-13-21(26)23(28)25-18-7-9-19(29-2)10-8-18/h3-10,12,21H,11,13-14H2,1-2H3,(H,25,28). The number of rotatable bonds is 6. The number of nitrogens with one attached hydrogen (secondary N) is 1. The highest BCUT2D eigenvalue weighted by molar-refractivity contribution is 7.99. The first-order valence-electron chi connectivity index (χ1n) is 9.87. The molecule has 3 aromatic rings. The number of carbonyl (C=O) groups is 2. The summed E-state index contributed by atoms with van der Waals surface area (Å²) in [7, 11) is 1.60. The molecule has 1 unspecified atom stereocenters. The fourth-order valence-electron chi connectivity index (χ4n) is 3.37. The van der Waals surface area contributed by atoms with Crippen molar-refractivity contribution in [2.45, 2.75) is 19.4 Å². The normalized spacial score (nSPS) is 15.7. The monoisotopic (exact) mass is 453 g/mol. The van der Waals surface area contributed by atoms with Gasteiger partial charge in [0.2, 0.25) is 11.8 Å². The van der Waals surface area contributed by atoms with Gasteiger partial charge in [-0.05, 0) is 36.8 Å². The average Bonchev–Trinajstić information content (AvgIpc) is 3.44. The number of hydrogen-bond donors (Lipinski definition) is 1. The first-order valence-corrected chi connectivity index (χ1v) is 11.9. The molecule has 4 rings (SSSR count). The van der Waals surface area contributed by atoms with Crippen molar-refractivity contribution < 1.29 is 14.3 Å². The Morgan fingerprint density at radius 2 is 1.90 bits per heavy atom. The van der Waals surface area contributed by atoms with Gasteiger partial charge in [0.1, 0.15) is 11.8 Å². The van der Waals surface area contributed by atoms with Crippen molar-refractivity contribution in [3.63, 3.8) is 0 Å². The predicted octanol–water partition coefficient (Wildman–Crippen LogP) is 4.21. The number of carbonyl (C=O) groups excluding carboxylic acids is 2. The van der Waals surface area contributed by atoms with Gasteiger partial charge in [0.25, 0.3) is 0 Å². The maximum absolute atomic E-state index is 12.9. The topological polar surface area (TPSA) is 71.5 Å². The molecule has 0 radical (unpaired) electrons. The number of aromatic nitrogens is 1. The number of thioether (sulfide) groups is 1. The summed E-state index contributed by atoms with van der Waals surface area (Å²) in [6.45, 7) is 1.98. The Morgan fingerprint density at radius 3 is 2.55 bits per heavy atom. The average molecular weight is 454 g/mol. The van der Waals surface area contributed by atoms with Gasteiger partial charge in [-0.25, -0.2) is 4.98 Å². The van der Waals surface area contributed by atoms with Crippen molar-refractivity contribution in [3.8, 4) is 17.0 Å². The van der Waals surface area contributed by atoms with Gasteiger partial charge in [-0.15, -0.1) is 23.1 Å². The Kier molecular flexibility index (Phi) is 6.58. The van der Waals surface area contributed by atoms with Gasteiger partial charge in [0.05, 0.1) is 30.1 Å². The van der Waals surface area contributed by atoms with Crippen molar-refractivity contribution in [3.05, 3.63) is 64.5 Å². The van der Waals surface area contributed by atoms with Crippen LogP contribution in [0.3, 0.4) is 0 Å². The largest absolute Gasteiger partial charge is 0.497 e. The van der Waals surface area contributed by atoms with Gasteiger partial charge in [-0.3, -0.25) is 9.59 Å². The maximum atomic E-state index is 12.9. The van der Waals surface area contributed by atoms with Crippen LogP contribution in [0, 0.1) is 6.92 Å². The van der Waals surface area contributed by atoms with Gasteiger partial charge >= 0.3 is 0 Å². The second-order valence-corrected chi connectivity index (χ2v) is 9.28. The van der Waals surface area contributed by atoms with E-state index in [-0.39, 0.29) is 18.2 Å². The third-order valence-electron chi connectivity index (χ3n) is 5.09. The zero-order valence-electron chi connectivity index (χ0n) is 17.3. The lowest BCUT2D eigenvalue weighted by Gasteiger charge is -2.23. The van der Waals surface area contributed by atoms with Crippen molar-refractivity contribution >= 4 is 40.6 Å². The van der Waals surface area contributed by atoms with Crippen LogP contribution in [0.15, 0.2) is 53.9 Å². The zero-order valence-corrected chi connectivity index (χ0v) is 19.0. The number of thiazole rings is 1. The Hall–Kier alpha value is -2.84. The van der Waals surface area contributed by atoms with Gasteiger partial charge in [-0.1, -0.05) is 24.3 Å². The minimum atomic E-state index is -0.475. The number of ether oxygens (including phenoxy) is 1. The van der Waals surface area contributed by atoms with Crippen LogP contribution >= 0.6 is 23.1 Å². The van der Waals surface area contributed by atoms with Crippen LogP contribution in [-0.4, -0.2) is 46.5 Å². The van der Waals surface area contributed by atoms with Crippen LogP contribution in [0.2, 0.25) is 0 Å². The van der Waals surface area contributed by atoms with Gasteiger partial charge < -0.3 is 15.0 Å². The summed E-state index contributed by atoms with van der Waals surface area (Å²) in [4.78, 5) is 31.9. The highest BCUT2D eigenvalue weighted by Gasteiger charge is 2.34. The lowest BCUT2D eigenvalue weighted by Crippen LogP contribution is -2.45. The van der Waals surface area contributed by atoms with E-state index in [1.807, 2.05) is 36.6 Å². The predicted molar refractivity (Wildman–Crippen MR) is 126 cm³/mol. The van der Waals surface area contributed by atoms with E-state index in [1.165, 1.54) is 0 Å². The van der Waals surface area contributed by atoms with Crippen molar-refractivity contribution in [1.29, 1.82) is 0 Å². The number of anilines is 1. The van der Waals surface area contributed by atoms with Gasteiger partial charge in [-0.2, -0.15) is 0 Å². The van der Waals surface area contributed by atoms with E-state index < -0.39 is 6.04 Å². The summed E-state index contributed by atoms with van der Waals surface area (Å²) in [6.07, 6.45) is 0.267. The fraction of sp³-hybridized carbons (Fsp3) is 0.261. The number of aryl methyl sites for hydroxylation is 1. The molecule has 1 N–H and O–H groups in total. The molecular formula is C23H23N3O3S2. The van der Waals surface area contributed by atoms with E-state index in [4.69, 9.17) is 4.74 Å². The van der Waals surface area contributed by atoms with E-state index in [0.717, 1.165) is 27.6 Å². The van der Waals surface area contributed by atoms with Crippen LogP contribution in [0.1, 0.15) is 10.6 Å². The molecular weight excluding hydrogens is 430 g/mol. The molecule has 0 spiro atoms. The summed E-state index contributed by atoms with van der Waals surface area (Å²) in [5.74, 6) is 1.63. The molecule has 0 bridgehead atoms. The number of hydrogen-bond acceptors (Lipinski definition) is 6. The molecule has 0 aliphatic carbocycles. The summed E-state index contributed by atoms with van der Waals surface area (Å²) < 4.78 is 5.14. The van der Waals surface area contributed by atoms with E-state index in [1.54, 1.807) is 59.4 Å². The van der Waals surface area contributed by atoms with Crippen molar-refractivity contribution in [1.82, 2.24) is 9.88 Å². The van der Waals surface area contributed by atoms with Crippen LogP contribution in [0.4, 0.5) is 5.69 Å². The molecule has 1 aromatic heterocycles. The molecule has 2 aromatic carbocycles. The number of benzene rings is 2. The quantitative estimate of drug-likeness (QED) is 0.605. The molecule has 6 nitrogen and oxygen atoms in total. The highest BCUT2D eigenvalue weighted by atomic mass is 32.2. The lowest BCUT2D eigenvalue weighted by molar-refractivity contribution is -0.135. The molecule has 1 fully saturated rings. The van der Waals surface area contributed by atoms with Crippen molar-refractivity contribution in [2.24, 2.45) is 0 Å². The van der Waals surface area contributed by atoms with Crippen LogP contribution in [-0.2, 0) is 16.0 Å². The third kappa shape index (κ3) is 5.08. The van der Waals surface area contributed by atoms with E-state index in [9.17, 15) is 9.59 Å². The first kappa shape index (κ1) is 21.4. The second-order valence-electron chi connectivity index (χ2n) is 7.22. The van der Waals surface area contributed by atoms with Crippen LogP contribution in [0.5, 0.6) is 5.75 Å². The summed E-state index contributed by atoms with van der Waals surface area (Å²) in [5.41, 5.74) is 3.59. The molecule has 1 atom stereocenters. The van der Waals surface area contributed by atoms with Crippen molar-refractivity contribution in [2.75, 3.05) is 24.1 Å². The molecule has 2 heterocycles. The molecule has 31 heavy (non-hydrogen) atoms. The summed E-state index contributed by atoms with van der Waals surface area (Å²) in [6, 6.07) is 14.6. The van der Waals surface area contributed by atoms with E-state index >= 15 is 0 Å². The van der Waals surface area contributed by atoms with E-state index in [2.05, 4.69) is 10.3 Å². The Labute approximate surface area is 189 Å². The molecule has 2 amide bonds.